The molecular formula is C15H21N3O. The van der Waals surface area contributed by atoms with Crippen molar-refractivity contribution in [2.75, 3.05) is 11.9 Å². The minimum absolute atomic E-state index is 0.503. The predicted octanol–water partition coefficient (Wildman–Crippen LogP) is 2.69. The molecule has 0 saturated carbocycles. The fourth-order valence-corrected chi connectivity index (χ4v) is 2.34. The van der Waals surface area contributed by atoms with E-state index in [1.807, 2.05) is 26.8 Å². The van der Waals surface area contributed by atoms with Gasteiger partial charge in [-0.05, 0) is 32.9 Å². The monoisotopic (exact) mass is 259 g/mol. The number of rotatable bonds is 4. The van der Waals surface area contributed by atoms with Gasteiger partial charge in [0, 0.05) is 48.3 Å². The molecule has 0 aromatic carbocycles. The standard InChI is InChI=1S/C15H21N3O/c1-10-7-15(14(8-16)11(2)17-10)18(4)9-13-5-6-19-12(13)3/h5-7H,8-9,16H2,1-4H3. The molecule has 0 saturated heterocycles. The minimum atomic E-state index is 0.503. The first kappa shape index (κ1) is 13.6. The van der Waals surface area contributed by atoms with Gasteiger partial charge in [0.1, 0.15) is 5.76 Å². The Bertz CT molecular complexity index is 575. The summed E-state index contributed by atoms with van der Waals surface area (Å²) >= 11 is 0. The number of hydrogen-bond acceptors (Lipinski definition) is 4. The van der Waals surface area contributed by atoms with Crippen molar-refractivity contribution < 1.29 is 4.42 Å². The summed E-state index contributed by atoms with van der Waals surface area (Å²) in [6.07, 6.45) is 1.73. The molecule has 4 nitrogen and oxygen atoms in total. The van der Waals surface area contributed by atoms with Gasteiger partial charge in [-0.25, -0.2) is 0 Å². The Balaban J connectivity index is 2.33. The molecule has 19 heavy (non-hydrogen) atoms. The van der Waals surface area contributed by atoms with Crippen molar-refractivity contribution in [1.82, 2.24) is 4.98 Å². The minimum Gasteiger partial charge on any atom is -0.469 e. The van der Waals surface area contributed by atoms with Gasteiger partial charge >= 0.3 is 0 Å². The molecule has 0 atom stereocenters. The zero-order chi connectivity index (χ0) is 14.0. The van der Waals surface area contributed by atoms with Gasteiger partial charge in [0.25, 0.3) is 0 Å². The molecule has 102 valence electrons. The highest BCUT2D eigenvalue weighted by Gasteiger charge is 2.13. The molecule has 2 rings (SSSR count). The molecule has 0 unspecified atom stereocenters. The van der Waals surface area contributed by atoms with Gasteiger partial charge in [0.05, 0.1) is 6.26 Å². The first-order valence-corrected chi connectivity index (χ1v) is 6.44. The van der Waals surface area contributed by atoms with Crippen LogP contribution >= 0.6 is 0 Å². The second-order valence-electron chi connectivity index (χ2n) is 4.91. The van der Waals surface area contributed by atoms with Crippen molar-refractivity contribution in [1.29, 1.82) is 0 Å². The number of nitrogens with zero attached hydrogens (tertiary/aromatic N) is 2. The van der Waals surface area contributed by atoms with Gasteiger partial charge in [-0.15, -0.1) is 0 Å². The lowest BCUT2D eigenvalue weighted by Gasteiger charge is -2.23. The van der Waals surface area contributed by atoms with Crippen LogP contribution in [0.25, 0.3) is 0 Å². The molecule has 0 spiro atoms. The number of pyridine rings is 1. The largest absolute Gasteiger partial charge is 0.469 e. The number of hydrogen-bond donors (Lipinski definition) is 1. The Morgan fingerprint density at radius 1 is 1.32 bits per heavy atom. The fourth-order valence-electron chi connectivity index (χ4n) is 2.34. The molecule has 2 N–H and O–H groups in total. The summed E-state index contributed by atoms with van der Waals surface area (Å²) in [5.41, 5.74) is 11.3. The van der Waals surface area contributed by atoms with Gasteiger partial charge in [-0.3, -0.25) is 4.98 Å². The van der Waals surface area contributed by atoms with Crippen LogP contribution < -0.4 is 10.6 Å². The van der Waals surface area contributed by atoms with Crippen molar-refractivity contribution in [2.24, 2.45) is 5.73 Å². The van der Waals surface area contributed by atoms with Gasteiger partial charge in [0.2, 0.25) is 0 Å². The third kappa shape index (κ3) is 2.79. The van der Waals surface area contributed by atoms with Gasteiger partial charge in [-0.1, -0.05) is 0 Å². The summed E-state index contributed by atoms with van der Waals surface area (Å²) in [6.45, 7) is 7.31. The van der Waals surface area contributed by atoms with Crippen LogP contribution in [0.1, 0.15) is 28.3 Å². The molecule has 0 radical (unpaired) electrons. The van der Waals surface area contributed by atoms with E-state index in [1.165, 1.54) is 5.56 Å². The van der Waals surface area contributed by atoms with Gasteiger partial charge in [0.15, 0.2) is 0 Å². The summed E-state index contributed by atoms with van der Waals surface area (Å²) in [5, 5.41) is 0. The molecule has 0 fully saturated rings. The molecular weight excluding hydrogens is 238 g/mol. The number of furan rings is 1. The Morgan fingerprint density at radius 3 is 2.63 bits per heavy atom. The average Bonchev–Trinajstić information content (AvgIpc) is 2.74. The van der Waals surface area contributed by atoms with E-state index in [-0.39, 0.29) is 0 Å². The Morgan fingerprint density at radius 2 is 2.05 bits per heavy atom. The second kappa shape index (κ2) is 5.45. The topological polar surface area (TPSA) is 55.3 Å². The Hall–Kier alpha value is -1.81. The van der Waals surface area contributed by atoms with E-state index in [2.05, 4.69) is 23.0 Å². The maximum absolute atomic E-state index is 5.86. The SMILES string of the molecule is Cc1cc(N(C)Cc2ccoc2C)c(CN)c(C)n1. The summed E-state index contributed by atoms with van der Waals surface area (Å²) in [6, 6.07) is 4.10. The van der Waals surface area contributed by atoms with Crippen LogP contribution in [0.3, 0.4) is 0 Å². The lowest BCUT2D eigenvalue weighted by Crippen LogP contribution is -2.20. The van der Waals surface area contributed by atoms with Crippen LogP contribution in [0.2, 0.25) is 0 Å². The Labute approximate surface area is 114 Å². The predicted molar refractivity (Wildman–Crippen MR) is 77.2 cm³/mol. The number of anilines is 1. The molecule has 0 aliphatic rings. The van der Waals surface area contributed by atoms with Crippen molar-refractivity contribution in [3.8, 4) is 0 Å². The van der Waals surface area contributed by atoms with E-state index >= 15 is 0 Å². The van der Waals surface area contributed by atoms with Crippen molar-refractivity contribution in [3.63, 3.8) is 0 Å². The zero-order valence-electron chi connectivity index (χ0n) is 12.0. The molecule has 2 aromatic rings. The quantitative estimate of drug-likeness (QED) is 0.917. The third-order valence-corrected chi connectivity index (χ3v) is 3.42. The van der Waals surface area contributed by atoms with Gasteiger partial charge < -0.3 is 15.1 Å². The summed E-state index contributed by atoms with van der Waals surface area (Å²) in [5.74, 6) is 0.962. The summed E-state index contributed by atoms with van der Waals surface area (Å²) in [4.78, 5) is 6.67. The van der Waals surface area contributed by atoms with Crippen molar-refractivity contribution >= 4 is 5.69 Å². The normalized spacial score (nSPS) is 10.8. The van der Waals surface area contributed by atoms with E-state index < -0.39 is 0 Å². The number of aryl methyl sites for hydroxylation is 3. The molecule has 0 amide bonds. The molecule has 2 aromatic heterocycles. The van der Waals surface area contributed by atoms with Crippen LogP contribution in [0.4, 0.5) is 5.69 Å². The second-order valence-corrected chi connectivity index (χ2v) is 4.91. The van der Waals surface area contributed by atoms with E-state index in [0.29, 0.717) is 6.54 Å². The van der Waals surface area contributed by atoms with Crippen molar-refractivity contribution in [3.05, 3.63) is 46.7 Å². The zero-order valence-corrected chi connectivity index (χ0v) is 12.0. The lowest BCUT2D eigenvalue weighted by atomic mass is 10.1. The van der Waals surface area contributed by atoms with Gasteiger partial charge in [-0.2, -0.15) is 0 Å². The summed E-state index contributed by atoms with van der Waals surface area (Å²) in [7, 11) is 2.07. The molecule has 0 aliphatic carbocycles. The third-order valence-electron chi connectivity index (χ3n) is 3.42. The number of aromatic nitrogens is 1. The summed E-state index contributed by atoms with van der Waals surface area (Å²) < 4.78 is 5.34. The highest BCUT2D eigenvalue weighted by molar-refractivity contribution is 5.55. The number of nitrogens with two attached hydrogens (primary N) is 1. The maximum atomic E-state index is 5.86. The first-order valence-electron chi connectivity index (χ1n) is 6.44. The van der Waals surface area contributed by atoms with Crippen LogP contribution in [0, 0.1) is 20.8 Å². The highest BCUT2D eigenvalue weighted by Crippen LogP contribution is 2.24. The molecule has 0 bridgehead atoms. The van der Waals surface area contributed by atoms with E-state index in [1.54, 1.807) is 6.26 Å². The molecule has 0 aliphatic heterocycles. The smallest absolute Gasteiger partial charge is 0.105 e. The van der Waals surface area contributed by atoms with Crippen LogP contribution in [-0.2, 0) is 13.1 Å². The van der Waals surface area contributed by atoms with Crippen LogP contribution in [0.5, 0.6) is 0 Å². The highest BCUT2D eigenvalue weighted by atomic mass is 16.3. The van der Waals surface area contributed by atoms with Crippen LogP contribution in [0.15, 0.2) is 22.8 Å². The molecule has 2 heterocycles. The maximum Gasteiger partial charge on any atom is 0.105 e. The van der Waals surface area contributed by atoms with E-state index in [9.17, 15) is 0 Å². The molecule has 4 heteroatoms. The average molecular weight is 259 g/mol. The van der Waals surface area contributed by atoms with E-state index in [4.69, 9.17) is 10.2 Å². The first-order chi connectivity index (χ1) is 9.02. The van der Waals surface area contributed by atoms with E-state index in [0.717, 1.165) is 34.9 Å². The van der Waals surface area contributed by atoms with Crippen LogP contribution in [-0.4, -0.2) is 12.0 Å². The Kier molecular flexibility index (Phi) is 3.90. The fraction of sp³-hybridized carbons (Fsp3) is 0.400. The van der Waals surface area contributed by atoms with Crippen molar-refractivity contribution in [2.45, 2.75) is 33.9 Å². The lowest BCUT2D eigenvalue weighted by molar-refractivity contribution is 0.529.